The second kappa shape index (κ2) is 7.16. The highest BCUT2D eigenvalue weighted by atomic mass is 16.7. The molecular weight excluding hydrogens is 330 g/mol. The fourth-order valence-electron chi connectivity index (χ4n) is 3.03. The Labute approximate surface area is 143 Å². The van der Waals surface area contributed by atoms with Crippen LogP contribution in [0.2, 0.25) is 0 Å². The molecule has 2 amide bonds. The zero-order chi connectivity index (χ0) is 17.9. The maximum atomic E-state index is 11.9. The van der Waals surface area contributed by atoms with Gasteiger partial charge in [0.25, 0.3) is 5.69 Å². The number of nitrogens with zero attached hydrogens (tertiary/aromatic N) is 1. The first-order valence-electron chi connectivity index (χ1n) is 8.13. The number of nitrogens with one attached hydrogen (secondary N) is 2. The summed E-state index contributed by atoms with van der Waals surface area (Å²) in [5, 5.41) is 15.5. The maximum absolute atomic E-state index is 11.9. The first-order valence-corrected chi connectivity index (χ1v) is 8.13. The number of carbonyl (C=O) groups is 2. The highest BCUT2D eigenvalue weighted by Gasteiger charge is 2.43. The molecule has 2 aliphatic rings. The summed E-state index contributed by atoms with van der Waals surface area (Å²) in [6.45, 7) is 0.582. The number of hydrogen-bond acceptors (Lipinski definition) is 6. The molecule has 9 nitrogen and oxygen atoms in total. The van der Waals surface area contributed by atoms with Crippen LogP contribution in [-0.2, 0) is 19.1 Å². The van der Waals surface area contributed by atoms with E-state index in [1.165, 1.54) is 24.3 Å². The molecule has 2 N–H and O–H groups in total. The minimum Gasteiger partial charge on any atom is -0.347 e. The molecule has 1 aromatic carbocycles. The lowest BCUT2D eigenvalue weighted by Crippen LogP contribution is -2.40. The third-order valence-electron chi connectivity index (χ3n) is 4.31. The molecule has 9 heteroatoms. The van der Waals surface area contributed by atoms with Crippen LogP contribution in [0.1, 0.15) is 25.7 Å². The van der Waals surface area contributed by atoms with Gasteiger partial charge in [-0.15, -0.1) is 0 Å². The number of ether oxygens (including phenoxy) is 2. The first kappa shape index (κ1) is 17.3. The summed E-state index contributed by atoms with van der Waals surface area (Å²) in [5.41, 5.74) is 0.206. The number of hydrogen-bond donors (Lipinski definition) is 2. The fourth-order valence-corrected chi connectivity index (χ4v) is 3.03. The lowest BCUT2D eigenvalue weighted by molar-refractivity contribution is -0.384. The summed E-state index contributed by atoms with van der Waals surface area (Å²) in [6.07, 6.45) is 3.58. The normalized spacial score (nSPS) is 21.2. The zero-order valence-electron chi connectivity index (χ0n) is 13.5. The minimum absolute atomic E-state index is 0.0957. The van der Waals surface area contributed by atoms with E-state index >= 15 is 0 Å². The third-order valence-corrected chi connectivity index (χ3v) is 4.31. The van der Waals surface area contributed by atoms with Gasteiger partial charge in [0.05, 0.1) is 11.5 Å². The highest BCUT2D eigenvalue weighted by molar-refractivity contribution is 6.39. The molecule has 0 bridgehead atoms. The van der Waals surface area contributed by atoms with Crippen molar-refractivity contribution >= 4 is 23.2 Å². The summed E-state index contributed by atoms with van der Waals surface area (Å²) >= 11 is 0. The molecule has 134 valence electrons. The Morgan fingerprint density at radius 2 is 1.88 bits per heavy atom. The maximum Gasteiger partial charge on any atom is 0.313 e. The van der Waals surface area contributed by atoms with Gasteiger partial charge in [-0.05, 0) is 25.0 Å². The number of non-ortho nitro benzene ring substituents is 1. The van der Waals surface area contributed by atoms with Crippen LogP contribution in [0, 0.1) is 10.1 Å². The van der Waals surface area contributed by atoms with Crippen LogP contribution < -0.4 is 10.6 Å². The van der Waals surface area contributed by atoms with Gasteiger partial charge in [0.15, 0.2) is 5.79 Å². The second-order valence-corrected chi connectivity index (χ2v) is 6.14. The molecule has 25 heavy (non-hydrogen) atoms. The molecule has 1 spiro atoms. The van der Waals surface area contributed by atoms with Crippen LogP contribution >= 0.6 is 0 Å². The Hall–Kier alpha value is -2.52. The van der Waals surface area contributed by atoms with E-state index in [-0.39, 0.29) is 18.3 Å². The Balaban J connectivity index is 1.45. The molecule has 3 rings (SSSR count). The van der Waals surface area contributed by atoms with Crippen LogP contribution in [0.4, 0.5) is 11.4 Å². The Kier molecular flexibility index (Phi) is 4.95. The predicted molar refractivity (Wildman–Crippen MR) is 86.8 cm³/mol. The molecule has 1 atom stereocenters. The molecule has 1 heterocycles. The molecule has 0 radical (unpaired) electrons. The molecule has 0 unspecified atom stereocenters. The van der Waals surface area contributed by atoms with Crippen molar-refractivity contribution in [1.82, 2.24) is 5.32 Å². The van der Waals surface area contributed by atoms with E-state index in [0.29, 0.717) is 12.3 Å². The van der Waals surface area contributed by atoms with Crippen molar-refractivity contribution < 1.29 is 24.0 Å². The van der Waals surface area contributed by atoms with E-state index in [1.54, 1.807) is 0 Å². The largest absolute Gasteiger partial charge is 0.347 e. The van der Waals surface area contributed by atoms with E-state index in [2.05, 4.69) is 10.6 Å². The van der Waals surface area contributed by atoms with Crippen molar-refractivity contribution in [2.45, 2.75) is 37.6 Å². The lowest BCUT2D eigenvalue weighted by Gasteiger charge is -2.21. The van der Waals surface area contributed by atoms with Gasteiger partial charge in [-0.1, -0.05) is 0 Å². The Bertz CT molecular complexity index is 669. The Morgan fingerprint density at radius 1 is 1.20 bits per heavy atom. The van der Waals surface area contributed by atoms with Gasteiger partial charge in [-0.2, -0.15) is 0 Å². The topological polar surface area (TPSA) is 120 Å². The zero-order valence-corrected chi connectivity index (χ0v) is 13.5. The molecule has 2 fully saturated rings. The molecule has 1 saturated carbocycles. The monoisotopic (exact) mass is 349 g/mol. The molecule has 0 aromatic heterocycles. The molecule has 1 aromatic rings. The summed E-state index contributed by atoms with van der Waals surface area (Å²) in [5.74, 6) is -2.14. The number of rotatable bonds is 4. The molecule has 1 saturated heterocycles. The molecular formula is C16H19N3O6. The smallest absolute Gasteiger partial charge is 0.313 e. The molecule has 1 aliphatic carbocycles. The van der Waals surface area contributed by atoms with Crippen molar-refractivity contribution in [1.29, 1.82) is 0 Å². The van der Waals surface area contributed by atoms with Crippen molar-refractivity contribution in [3.05, 3.63) is 34.4 Å². The number of anilines is 1. The number of benzene rings is 1. The van der Waals surface area contributed by atoms with Crippen molar-refractivity contribution in [3.63, 3.8) is 0 Å². The minimum atomic E-state index is -0.844. The van der Waals surface area contributed by atoms with Crippen LogP contribution in [-0.4, -0.2) is 41.8 Å². The predicted octanol–water partition coefficient (Wildman–Crippen LogP) is 1.34. The number of carbonyl (C=O) groups excluding carboxylic acids is 2. The van der Waals surface area contributed by atoms with Crippen molar-refractivity contribution in [2.75, 3.05) is 18.5 Å². The van der Waals surface area contributed by atoms with Gasteiger partial charge in [-0.3, -0.25) is 19.7 Å². The third kappa shape index (κ3) is 4.12. The quantitative estimate of drug-likeness (QED) is 0.481. The highest BCUT2D eigenvalue weighted by Crippen LogP contribution is 2.38. The van der Waals surface area contributed by atoms with Gasteiger partial charge < -0.3 is 20.1 Å². The van der Waals surface area contributed by atoms with Gasteiger partial charge in [-0.25, -0.2) is 0 Å². The summed E-state index contributed by atoms with van der Waals surface area (Å²) < 4.78 is 11.6. The van der Waals surface area contributed by atoms with Crippen LogP contribution in [0.5, 0.6) is 0 Å². The average molecular weight is 349 g/mol. The summed E-state index contributed by atoms with van der Waals surface area (Å²) in [4.78, 5) is 33.8. The van der Waals surface area contributed by atoms with Gasteiger partial charge in [0.1, 0.15) is 6.10 Å². The first-order chi connectivity index (χ1) is 12.0. The van der Waals surface area contributed by atoms with Gasteiger partial charge in [0.2, 0.25) is 0 Å². The standard InChI is InChI=1S/C16H19N3O6/c20-14(15(21)18-11-3-5-12(6-4-11)19(22)23)17-9-13-10-24-16(25-13)7-1-2-8-16/h3-6,13H,1-2,7-10H2,(H,17,20)(H,18,21)/t13-/m0/s1. The lowest BCUT2D eigenvalue weighted by atomic mass is 10.2. The Morgan fingerprint density at radius 3 is 2.52 bits per heavy atom. The number of nitro benzene ring substituents is 1. The van der Waals surface area contributed by atoms with Crippen molar-refractivity contribution in [2.24, 2.45) is 0 Å². The average Bonchev–Trinajstić information content (AvgIpc) is 3.23. The van der Waals surface area contributed by atoms with E-state index in [1.807, 2.05) is 0 Å². The second-order valence-electron chi connectivity index (χ2n) is 6.14. The van der Waals surface area contributed by atoms with Crippen LogP contribution in [0.3, 0.4) is 0 Å². The summed E-state index contributed by atoms with van der Waals surface area (Å²) in [6, 6.07) is 5.22. The van der Waals surface area contributed by atoms with Crippen LogP contribution in [0.15, 0.2) is 24.3 Å². The number of nitro groups is 1. The van der Waals surface area contributed by atoms with E-state index in [0.717, 1.165) is 25.7 Å². The summed E-state index contributed by atoms with van der Waals surface area (Å²) in [7, 11) is 0. The van der Waals surface area contributed by atoms with Gasteiger partial charge in [0, 0.05) is 37.2 Å². The van der Waals surface area contributed by atoms with E-state index in [4.69, 9.17) is 9.47 Å². The van der Waals surface area contributed by atoms with Crippen LogP contribution in [0.25, 0.3) is 0 Å². The SMILES string of the molecule is O=C(NC[C@H]1COC2(CCCC2)O1)C(=O)Nc1ccc([N+](=O)[O-])cc1. The van der Waals surface area contributed by atoms with Crippen molar-refractivity contribution in [3.8, 4) is 0 Å². The number of amides is 2. The fraction of sp³-hybridized carbons (Fsp3) is 0.500. The van der Waals surface area contributed by atoms with E-state index < -0.39 is 22.5 Å². The van der Waals surface area contributed by atoms with E-state index in [9.17, 15) is 19.7 Å². The molecule has 1 aliphatic heterocycles. The van der Waals surface area contributed by atoms with Gasteiger partial charge >= 0.3 is 11.8 Å².